The van der Waals surface area contributed by atoms with Crippen molar-refractivity contribution in [3.05, 3.63) is 66.0 Å². The van der Waals surface area contributed by atoms with Gasteiger partial charge in [0.1, 0.15) is 11.6 Å². The van der Waals surface area contributed by atoms with Crippen LogP contribution in [0.1, 0.15) is 17.9 Å². The summed E-state index contributed by atoms with van der Waals surface area (Å²) in [5.41, 5.74) is 1.28. The molecule has 0 spiro atoms. The van der Waals surface area contributed by atoms with Crippen molar-refractivity contribution in [3.8, 4) is 5.75 Å². The molecule has 2 aromatic rings. The smallest absolute Gasteiger partial charge is 0.260 e. The van der Waals surface area contributed by atoms with E-state index in [1.54, 1.807) is 0 Å². The van der Waals surface area contributed by atoms with E-state index in [4.69, 9.17) is 4.74 Å². The maximum Gasteiger partial charge on any atom is 0.260 e. The molecular formula is C18H18FNO2. The highest BCUT2D eigenvalue weighted by Crippen LogP contribution is 2.26. The van der Waals surface area contributed by atoms with Gasteiger partial charge >= 0.3 is 0 Å². The van der Waals surface area contributed by atoms with E-state index in [-0.39, 0.29) is 18.3 Å². The number of nitrogens with zero attached hydrogens (tertiary/aromatic N) is 1. The minimum Gasteiger partial charge on any atom is -0.484 e. The van der Waals surface area contributed by atoms with E-state index in [9.17, 15) is 9.18 Å². The Balaban J connectivity index is 1.52. The van der Waals surface area contributed by atoms with E-state index in [0.717, 1.165) is 19.5 Å². The fourth-order valence-electron chi connectivity index (χ4n) is 2.75. The molecule has 2 aromatic carbocycles. The predicted molar refractivity (Wildman–Crippen MR) is 82.3 cm³/mol. The summed E-state index contributed by atoms with van der Waals surface area (Å²) in [6.07, 6.45) is 0.978. The molecule has 3 nitrogen and oxygen atoms in total. The summed E-state index contributed by atoms with van der Waals surface area (Å²) < 4.78 is 18.2. The van der Waals surface area contributed by atoms with Gasteiger partial charge in [-0.1, -0.05) is 30.3 Å². The summed E-state index contributed by atoms with van der Waals surface area (Å²) >= 11 is 0. The molecule has 0 bridgehead atoms. The predicted octanol–water partition coefficient (Wildman–Crippen LogP) is 3.22. The largest absolute Gasteiger partial charge is 0.484 e. The van der Waals surface area contributed by atoms with Gasteiger partial charge in [0.05, 0.1) is 0 Å². The molecule has 1 heterocycles. The molecule has 0 unspecified atom stereocenters. The molecule has 22 heavy (non-hydrogen) atoms. The number of likely N-dealkylation sites (tertiary alicyclic amines) is 1. The van der Waals surface area contributed by atoms with Crippen LogP contribution in [0.5, 0.6) is 5.75 Å². The maximum absolute atomic E-state index is 12.8. The van der Waals surface area contributed by atoms with Crippen LogP contribution in [0.2, 0.25) is 0 Å². The third kappa shape index (κ3) is 3.45. The highest BCUT2D eigenvalue weighted by atomic mass is 19.1. The van der Waals surface area contributed by atoms with E-state index in [1.807, 2.05) is 23.1 Å². The Morgan fingerprint density at radius 1 is 1.14 bits per heavy atom. The second-order valence-corrected chi connectivity index (χ2v) is 5.48. The van der Waals surface area contributed by atoms with Crippen LogP contribution in [-0.2, 0) is 4.79 Å². The first-order valence-electron chi connectivity index (χ1n) is 7.43. The normalized spacial score (nSPS) is 17.5. The molecule has 0 aliphatic carbocycles. The van der Waals surface area contributed by atoms with Crippen LogP contribution in [0.4, 0.5) is 4.39 Å². The van der Waals surface area contributed by atoms with Gasteiger partial charge in [-0.15, -0.1) is 0 Å². The van der Waals surface area contributed by atoms with Crippen molar-refractivity contribution in [1.82, 2.24) is 4.90 Å². The quantitative estimate of drug-likeness (QED) is 0.867. The maximum atomic E-state index is 12.8. The average molecular weight is 299 g/mol. The minimum absolute atomic E-state index is 0.00680. The molecule has 1 aliphatic heterocycles. The van der Waals surface area contributed by atoms with Crippen molar-refractivity contribution in [3.63, 3.8) is 0 Å². The molecule has 0 aromatic heterocycles. The summed E-state index contributed by atoms with van der Waals surface area (Å²) in [6, 6.07) is 16.0. The summed E-state index contributed by atoms with van der Waals surface area (Å²) in [4.78, 5) is 14.0. The van der Waals surface area contributed by atoms with Gasteiger partial charge < -0.3 is 9.64 Å². The molecule has 1 atom stereocenters. The van der Waals surface area contributed by atoms with Crippen LogP contribution in [-0.4, -0.2) is 30.5 Å². The lowest BCUT2D eigenvalue weighted by Crippen LogP contribution is -2.32. The average Bonchev–Trinajstić information content (AvgIpc) is 3.05. The topological polar surface area (TPSA) is 29.5 Å². The molecule has 0 saturated carbocycles. The van der Waals surface area contributed by atoms with E-state index < -0.39 is 0 Å². The minimum atomic E-state index is -0.316. The standard InChI is InChI=1S/C18H18FNO2/c19-16-6-8-17(9-7-16)22-13-18(21)20-11-10-15(12-20)14-4-2-1-3-5-14/h1-9,15H,10-13H2/t15-/m1/s1. The van der Waals surface area contributed by atoms with Crippen molar-refractivity contribution in [2.75, 3.05) is 19.7 Å². The van der Waals surface area contributed by atoms with Crippen molar-refractivity contribution < 1.29 is 13.9 Å². The van der Waals surface area contributed by atoms with E-state index in [2.05, 4.69) is 12.1 Å². The van der Waals surface area contributed by atoms with Gasteiger partial charge in [-0.2, -0.15) is 0 Å². The zero-order valence-electron chi connectivity index (χ0n) is 12.2. The molecule has 4 heteroatoms. The summed E-state index contributed by atoms with van der Waals surface area (Å²) in [7, 11) is 0. The van der Waals surface area contributed by atoms with E-state index in [1.165, 1.54) is 29.8 Å². The molecule has 0 N–H and O–H groups in total. The third-order valence-electron chi connectivity index (χ3n) is 3.99. The Morgan fingerprint density at radius 2 is 1.86 bits per heavy atom. The number of carbonyl (C=O) groups is 1. The van der Waals surface area contributed by atoms with E-state index in [0.29, 0.717) is 11.7 Å². The van der Waals surface area contributed by atoms with Crippen molar-refractivity contribution in [2.45, 2.75) is 12.3 Å². The number of hydrogen-bond donors (Lipinski definition) is 0. The summed E-state index contributed by atoms with van der Waals surface area (Å²) in [5.74, 6) is 0.566. The monoisotopic (exact) mass is 299 g/mol. The molecule has 3 rings (SSSR count). The molecule has 1 aliphatic rings. The van der Waals surface area contributed by atoms with Crippen LogP contribution < -0.4 is 4.74 Å². The zero-order chi connectivity index (χ0) is 15.4. The SMILES string of the molecule is O=C(COc1ccc(F)cc1)N1CC[C@@H](c2ccccc2)C1. The number of ether oxygens (including phenoxy) is 1. The van der Waals surface area contributed by atoms with Crippen molar-refractivity contribution in [2.24, 2.45) is 0 Å². The Kier molecular flexibility index (Phi) is 4.37. The van der Waals surface area contributed by atoms with Gasteiger partial charge in [-0.05, 0) is 36.2 Å². The van der Waals surface area contributed by atoms with Gasteiger partial charge in [0, 0.05) is 19.0 Å². The lowest BCUT2D eigenvalue weighted by Gasteiger charge is -2.17. The molecular weight excluding hydrogens is 281 g/mol. The third-order valence-corrected chi connectivity index (χ3v) is 3.99. The molecule has 1 fully saturated rings. The summed E-state index contributed by atoms with van der Waals surface area (Å²) in [6.45, 7) is 1.48. The van der Waals surface area contributed by atoms with Crippen LogP contribution in [0, 0.1) is 5.82 Å². The number of rotatable bonds is 4. The Bertz CT molecular complexity index is 627. The number of benzene rings is 2. The number of halogens is 1. The first-order chi connectivity index (χ1) is 10.7. The molecule has 1 amide bonds. The Hall–Kier alpha value is -2.36. The Morgan fingerprint density at radius 3 is 2.59 bits per heavy atom. The lowest BCUT2D eigenvalue weighted by atomic mass is 9.99. The summed E-state index contributed by atoms with van der Waals surface area (Å²) in [5, 5.41) is 0. The first-order valence-corrected chi connectivity index (χ1v) is 7.43. The number of amides is 1. The highest BCUT2D eigenvalue weighted by Gasteiger charge is 2.27. The lowest BCUT2D eigenvalue weighted by molar-refractivity contribution is -0.132. The van der Waals surface area contributed by atoms with E-state index >= 15 is 0 Å². The fourth-order valence-corrected chi connectivity index (χ4v) is 2.75. The molecule has 1 saturated heterocycles. The molecule has 0 radical (unpaired) electrons. The van der Waals surface area contributed by atoms with Crippen LogP contribution in [0.3, 0.4) is 0 Å². The van der Waals surface area contributed by atoms with Crippen molar-refractivity contribution in [1.29, 1.82) is 0 Å². The van der Waals surface area contributed by atoms with Gasteiger partial charge in [-0.25, -0.2) is 4.39 Å². The van der Waals surface area contributed by atoms with Crippen LogP contribution >= 0.6 is 0 Å². The highest BCUT2D eigenvalue weighted by molar-refractivity contribution is 5.78. The second-order valence-electron chi connectivity index (χ2n) is 5.48. The Labute approximate surface area is 129 Å². The van der Waals surface area contributed by atoms with Gasteiger partial charge in [-0.3, -0.25) is 4.79 Å². The van der Waals surface area contributed by atoms with Crippen LogP contribution in [0.15, 0.2) is 54.6 Å². The van der Waals surface area contributed by atoms with Gasteiger partial charge in [0.25, 0.3) is 5.91 Å². The van der Waals surface area contributed by atoms with Gasteiger partial charge in [0.2, 0.25) is 0 Å². The number of hydrogen-bond acceptors (Lipinski definition) is 2. The zero-order valence-corrected chi connectivity index (χ0v) is 12.2. The first kappa shape index (κ1) is 14.6. The number of carbonyl (C=O) groups excluding carboxylic acids is 1. The second kappa shape index (κ2) is 6.60. The van der Waals surface area contributed by atoms with Gasteiger partial charge in [0.15, 0.2) is 6.61 Å². The fraction of sp³-hybridized carbons (Fsp3) is 0.278. The van der Waals surface area contributed by atoms with Crippen molar-refractivity contribution >= 4 is 5.91 Å². The van der Waals surface area contributed by atoms with Crippen LogP contribution in [0.25, 0.3) is 0 Å². The molecule has 114 valence electrons.